The second-order valence-electron chi connectivity index (χ2n) is 3.02. The van der Waals surface area contributed by atoms with Gasteiger partial charge in [-0.15, -0.1) is 0 Å². The van der Waals surface area contributed by atoms with Gasteiger partial charge in [0.1, 0.15) is 5.83 Å². The van der Waals surface area contributed by atoms with Crippen LogP contribution in [0.3, 0.4) is 0 Å². The largest absolute Gasteiger partial charge is 0.481 e. The first-order valence-electron chi connectivity index (χ1n) is 4.17. The second kappa shape index (κ2) is 4.08. The van der Waals surface area contributed by atoms with Gasteiger partial charge in [0.2, 0.25) is 0 Å². The summed E-state index contributed by atoms with van der Waals surface area (Å²) in [4.78, 5) is 22.4. The van der Waals surface area contributed by atoms with E-state index in [4.69, 9.17) is 5.11 Å². The Morgan fingerprint density at radius 2 is 2.43 bits per heavy atom. The van der Waals surface area contributed by atoms with E-state index in [0.29, 0.717) is 0 Å². The van der Waals surface area contributed by atoms with Crippen LogP contribution >= 0.6 is 0 Å². The van der Waals surface area contributed by atoms with Crippen molar-refractivity contribution in [3.63, 3.8) is 0 Å². The normalized spacial score (nSPS) is 21.6. The number of aliphatic carboxylic acids is 1. The Balaban J connectivity index is 2.60. The number of carbonyl (C=O) groups excluding carboxylic acids is 1. The number of hydrogen-bond donors (Lipinski definition) is 2. The molecule has 0 aromatic heterocycles. The maximum absolute atomic E-state index is 13.0. The van der Waals surface area contributed by atoms with E-state index in [1.54, 1.807) is 0 Å². The lowest BCUT2D eigenvalue weighted by molar-refractivity contribution is -0.137. The summed E-state index contributed by atoms with van der Waals surface area (Å²) >= 11 is 0. The predicted octanol–water partition coefficient (Wildman–Crippen LogP) is 0.686. The molecule has 5 nitrogen and oxygen atoms in total. The van der Waals surface area contributed by atoms with Gasteiger partial charge in [0.25, 0.3) is 0 Å². The van der Waals surface area contributed by atoms with Gasteiger partial charge in [-0.05, 0) is 6.92 Å². The van der Waals surface area contributed by atoms with Crippen LogP contribution in [0.5, 0.6) is 0 Å². The Labute approximate surface area is 80.2 Å². The molecule has 0 aromatic carbocycles. The molecular formula is C8H11FN2O3. The number of hydrogen-bond acceptors (Lipinski definition) is 2. The molecule has 2 N–H and O–H groups in total. The van der Waals surface area contributed by atoms with Crippen molar-refractivity contribution in [2.75, 3.05) is 6.54 Å². The Morgan fingerprint density at radius 1 is 1.79 bits per heavy atom. The van der Waals surface area contributed by atoms with Crippen molar-refractivity contribution >= 4 is 12.0 Å². The van der Waals surface area contributed by atoms with Crippen molar-refractivity contribution in [1.29, 1.82) is 0 Å². The standard InChI is InChI=1S/C8H11FN2O3/c1-5-6(9)4-11(8(14)10-5)3-2-7(12)13/h4-5H,2-3H2,1H3,(H,10,14)(H,12,13). The Hall–Kier alpha value is -1.59. The summed E-state index contributed by atoms with van der Waals surface area (Å²) in [6.45, 7) is 1.49. The first-order chi connectivity index (χ1) is 6.50. The topological polar surface area (TPSA) is 69.6 Å². The van der Waals surface area contributed by atoms with E-state index in [1.807, 2.05) is 0 Å². The maximum Gasteiger partial charge on any atom is 0.322 e. The van der Waals surface area contributed by atoms with Crippen LogP contribution in [0.1, 0.15) is 13.3 Å². The van der Waals surface area contributed by atoms with Gasteiger partial charge >= 0.3 is 12.0 Å². The highest BCUT2D eigenvalue weighted by molar-refractivity contribution is 5.78. The van der Waals surface area contributed by atoms with Crippen molar-refractivity contribution in [3.05, 3.63) is 12.0 Å². The second-order valence-corrected chi connectivity index (χ2v) is 3.02. The number of amides is 2. The van der Waals surface area contributed by atoms with Gasteiger partial charge in [0.15, 0.2) is 0 Å². The van der Waals surface area contributed by atoms with Gasteiger partial charge in [0, 0.05) is 12.7 Å². The first kappa shape index (κ1) is 10.5. The summed E-state index contributed by atoms with van der Waals surface area (Å²) in [5.41, 5.74) is 0. The van der Waals surface area contributed by atoms with Crippen molar-refractivity contribution in [2.45, 2.75) is 19.4 Å². The zero-order valence-electron chi connectivity index (χ0n) is 7.66. The Morgan fingerprint density at radius 3 is 3.00 bits per heavy atom. The van der Waals surface area contributed by atoms with E-state index in [0.717, 1.165) is 11.1 Å². The van der Waals surface area contributed by atoms with Gasteiger partial charge in [-0.1, -0.05) is 0 Å². The number of rotatable bonds is 3. The minimum Gasteiger partial charge on any atom is -0.481 e. The maximum atomic E-state index is 13.0. The van der Waals surface area contributed by atoms with Crippen molar-refractivity contribution in [3.8, 4) is 0 Å². The molecule has 14 heavy (non-hydrogen) atoms. The fourth-order valence-electron chi connectivity index (χ4n) is 1.04. The van der Waals surface area contributed by atoms with E-state index in [2.05, 4.69) is 5.32 Å². The molecule has 0 saturated heterocycles. The third-order valence-electron chi connectivity index (χ3n) is 1.86. The monoisotopic (exact) mass is 202 g/mol. The van der Waals surface area contributed by atoms with Gasteiger partial charge in [-0.25, -0.2) is 9.18 Å². The molecule has 6 heteroatoms. The molecule has 0 aromatic rings. The zero-order valence-corrected chi connectivity index (χ0v) is 7.66. The molecule has 78 valence electrons. The fourth-order valence-corrected chi connectivity index (χ4v) is 1.04. The van der Waals surface area contributed by atoms with E-state index in [1.165, 1.54) is 6.92 Å². The number of nitrogens with one attached hydrogen (secondary N) is 1. The van der Waals surface area contributed by atoms with Crippen molar-refractivity contribution in [1.82, 2.24) is 10.2 Å². The van der Waals surface area contributed by atoms with Crippen molar-refractivity contribution in [2.24, 2.45) is 0 Å². The summed E-state index contributed by atoms with van der Waals surface area (Å²) in [6.07, 6.45) is 0.831. The summed E-state index contributed by atoms with van der Waals surface area (Å²) < 4.78 is 13.0. The molecule has 0 fully saturated rings. The molecule has 0 bridgehead atoms. The number of carboxylic acids is 1. The lowest BCUT2D eigenvalue weighted by Gasteiger charge is -2.26. The minimum absolute atomic E-state index is 0.0265. The van der Waals surface area contributed by atoms with Crippen LogP contribution in [-0.4, -0.2) is 34.6 Å². The highest BCUT2D eigenvalue weighted by Gasteiger charge is 2.23. The van der Waals surface area contributed by atoms with Gasteiger partial charge in [0.05, 0.1) is 12.5 Å². The van der Waals surface area contributed by atoms with Crippen LogP contribution in [-0.2, 0) is 4.79 Å². The lowest BCUT2D eigenvalue weighted by Crippen LogP contribution is -2.46. The average Bonchev–Trinajstić information content (AvgIpc) is 2.09. The quantitative estimate of drug-likeness (QED) is 0.707. The van der Waals surface area contributed by atoms with Crippen LogP contribution in [0, 0.1) is 0 Å². The van der Waals surface area contributed by atoms with E-state index >= 15 is 0 Å². The Kier molecular flexibility index (Phi) is 3.06. The average molecular weight is 202 g/mol. The van der Waals surface area contributed by atoms with Crippen LogP contribution in [0.15, 0.2) is 12.0 Å². The van der Waals surface area contributed by atoms with E-state index in [-0.39, 0.29) is 13.0 Å². The SMILES string of the molecule is CC1NC(=O)N(CCC(=O)O)C=C1F. The van der Waals surface area contributed by atoms with Crippen LogP contribution in [0.25, 0.3) is 0 Å². The lowest BCUT2D eigenvalue weighted by atomic mass is 10.2. The highest BCUT2D eigenvalue weighted by atomic mass is 19.1. The smallest absolute Gasteiger partial charge is 0.322 e. The van der Waals surface area contributed by atoms with E-state index < -0.39 is 23.9 Å². The molecule has 1 atom stereocenters. The Bertz CT molecular complexity index is 290. The molecule has 1 unspecified atom stereocenters. The van der Waals surface area contributed by atoms with Gasteiger partial charge in [-0.3, -0.25) is 9.69 Å². The first-order valence-corrected chi connectivity index (χ1v) is 4.17. The zero-order chi connectivity index (χ0) is 10.7. The molecule has 1 aliphatic rings. The molecule has 1 rings (SSSR count). The molecule has 0 aliphatic carbocycles. The van der Waals surface area contributed by atoms with Crippen molar-refractivity contribution < 1.29 is 19.1 Å². The minimum atomic E-state index is -1.02. The highest BCUT2D eigenvalue weighted by Crippen LogP contribution is 2.12. The molecule has 1 heterocycles. The summed E-state index contributed by atoms with van der Waals surface area (Å²) in [5.74, 6) is -1.50. The number of carboxylic acid groups (broad SMARTS) is 1. The summed E-state index contributed by atoms with van der Waals surface area (Å²) in [6, 6.07) is -1.11. The molecule has 1 aliphatic heterocycles. The fraction of sp³-hybridized carbons (Fsp3) is 0.500. The predicted molar refractivity (Wildman–Crippen MR) is 46.1 cm³/mol. The van der Waals surface area contributed by atoms with Crippen LogP contribution < -0.4 is 5.32 Å². The van der Waals surface area contributed by atoms with Crippen LogP contribution in [0.4, 0.5) is 9.18 Å². The summed E-state index contributed by atoms with van der Waals surface area (Å²) in [7, 11) is 0. The number of halogens is 1. The van der Waals surface area contributed by atoms with Crippen LogP contribution in [0.2, 0.25) is 0 Å². The number of urea groups is 1. The third-order valence-corrected chi connectivity index (χ3v) is 1.86. The summed E-state index contributed by atoms with van der Waals surface area (Å²) in [5, 5.41) is 10.7. The molecular weight excluding hydrogens is 191 g/mol. The molecule has 2 amide bonds. The molecule has 0 saturated carbocycles. The number of carbonyl (C=O) groups is 2. The van der Waals surface area contributed by atoms with E-state index in [9.17, 15) is 14.0 Å². The van der Waals surface area contributed by atoms with Gasteiger partial charge in [-0.2, -0.15) is 0 Å². The number of nitrogens with zero attached hydrogens (tertiary/aromatic N) is 1. The molecule has 0 radical (unpaired) electrons. The third kappa shape index (κ3) is 2.45. The molecule has 0 spiro atoms. The van der Waals surface area contributed by atoms with Gasteiger partial charge < -0.3 is 10.4 Å².